The Hall–Kier alpha value is -1.61. The third-order valence-corrected chi connectivity index (χ3v) is 7.62. The fourth-order valence-electron chi connectivity index (χ4n) is 4.57. The first-order valence-corrected chi connectivity index (χ1v) is 12.3. The van der Waals surface area contributed by atoms with E-state index in [0.29, 0.717) is 13.0 Å². The summed E-state index contributed by atoms with van der Waals surface area (Å²) in [4.78, 5) is 4.99. The minimum Gasteiger partial charge on any atom is -0.394 e. The van der Waals surface area contributed by atoms with Crippen molar-refractivity contribution in [2.75, 3.05) is 31.1 Å². The smallest absolute Gasteiger partial charge is 0.107 e. The van der Waals surface area contributed by atoms with Gasteiger partial charge in [-0.15, -0.1) is 0 Å². The molecular formula is C25H34N2O4S. The van der Waals surface area contributed by atoms with E-state index in [0.717, 1.165) is 19.5 Å². The van der Waals surface area contributed by atoms with Crippen LogP contribution in [-0.4, -0.2) is 66.0 Å². The molecule has 0 bridgehead atoms. The first-order valence-electron chi connectivity index (χ1n) is 11.5. The van der Waals surface area contributed by atoms with Gasteiger partial charge in [0.25, 0.3) is 0 Å². The molecule has 7 heteroatoms. The summed E-state index contributed by atoms with van der Waals surface area (Å²) in [5.41, 5.74) is 3.80. The highest BCUT2D eigenvalue weighted by Gasteiger charge is 2.41. The summed E-state index contributed by atoms with van der Waals surface area (Å²) >= 11 is 1.83. The second-order valence-corrected chi connectivity index (χ2v) is 9.90. The molecule has 0 saturated carbocycles. The SMILES string of the molecule is Cc1ccc2c(c1)N(CCCNCC[C@H]1O[C@H](CO)[C@@H](O)[C@H](C)[C@H]1O)c1ccccc1S2. The van der Waals surface area contributed by atoms with Crippen LogP contribution in [0, 0.1) is 12.8 Å². The van der Waals surface area contributed by atoms with E-state index in [-0.39, 0.29) is 18.6 Å². The molecule has 2 aliphatic heterocycles. The highest BCUT2D eigenvalue weighted by Crippen LogP contribution is 2.48. The third-order valence-electron chi connectivity index (χ3n) is 6.49. The number of aliphatic hydroxyl groups excluding tert-OH is 3. The summed E-state index contributed by atoms with van der Waals surface area (Å²) in [7, 11) is 0. The summed E-state index contributed by atoms with van der Waals surface area (Å²) in [6, 6.07) is 15.2. The van der Waals surface area contributed by atoms with Crippen molar-refractivity contribution in [3.05, 3.63) is 48.0 Å². The van der Waals surface area contributed by atoms with Crippen molar-refractivity contribution in [3.63, 3.8) is 0 Å². The van der Waals surface area contributed by atoms with E-state index >= 15 is 0 Å². The lowest BCUT2D eigenvalue weighted by Crippen LogP contribution is -2.54. The van der Waals surface area contributed by atoms with Gasteiger partial charge in [0.05, 0.1) is 36.3 Å². The molecule has 2 heterocycles. The first-order chi connectivity index (χ1) is 15.5. The molecule has 2 aliphatic rings. The van der Waals surface area contributed by atoms with Gasteiger partial charge in [0, 0.05) is 22.3 Å². The average Bonchev–Trinajstić information content (AvgIpc) is 2.80. The maximum Gasteiger partial charge on any atom is 0.107 e. The van der Waals surface area contributed by atoms with Crippen LogP contribution in [0.25, 0.3) is 0 Å². The van der Waals surface area contributed by atoms with Crippen molar-refractivity contribution >= 4 is 23.1 Å². The zero-order chi connectivity index (χ0) is 22.7. The minimum absolute atomic E-state index is 0.237. The monoisotopic (exact) mass is 458 g/mol. The highest BCUT2D eigenvalue weighted by atomic mass is 32.2. The summed E-state index contributed by atoms with van der Waals surface area (Å²) in [6.07, 6.45) is -0.944. The molecule has 0 aromatic heterocycles. The molecule has 6 nitrogen and oxygen atoms in total. The molecule has 2 aromatic rings. The zero-order valence-corrected chi connectivity index (χ0v) is 19.6. The topological polar surface area (TPSA) is 85.2 Å². The van der Waals surface area contributed by atoms with Gasteiger partial charge in [-0.05, 0) is 62.7 Å². The summed E-state index contributed by atoms with van der Waals surface area (Å²) < 4.78 is 5.72. The van der Waals surface area contributed by atoms with Gasteiger partial charge in [-0.2, -0.15) is 0 Å². The number of fused-ring (bicyclic) bond motifs is 2. The lowest BCUT2D eigenvalue weighted by Gasteiger charge is -2.41. The van der Waals surface area contributed by atoms with Crippen LogP contribution in [0.15, 0.2) is 52.3 Å². The van der Waals surface area contributed by atoms with Crippen molar-refractivity contribution in [3.8, 4) is 0 Å². The highest BCUT2D eigenvalue weighted by molar-refractivity contribution is 7.99. The number of nitrogens with zero attached hydrogens (tertiary/aromatic N) is 1. The Labute approximate surface area is 194 Å². The van der Waals surface area contributed by atoms with Crippen LogP contribution in [0.1, 0.15) is 25.3 Å². The number of para-hydroxylation sites is 1. The molecule has 174 valence electrons. The number of aryl methyl sites for hydroxylation is 1. The number of anilines is 2. The van der Waals surface area contributed by atoms with Crippen LogP contribution >= 0.6 is 11.8 Å². The summed E-state index contributed by atoms with van der Waals surface area (Å²) in [5, 5.41) is 33.4. The fraction of sp³-hybridized carbons (Fsp3) is 0.520. The van der Waals surface area contributed by atoms with Crippen molar-refractivity contribution in [2.45, 2.75) is 60.9 Å². The molecule has 1 fully saturated rings. The number of benzene rings is 2. The number of nitrogens with one attached hydrogen (secondary N) is 1. The quantitative estimate of drug-likeness (QED) is 0.453. The molecule has 4 rings (SSSR count). The van der Waals surface area contributed by atoms with Gasteiger partial charge in [-0.25, -0.2) is 0 Å². The van der Waals surface area contributed by atoms with Crippen LogP contribution < -0.4 is 10.2 Å². The normalized spacial score (nSPS) is 27.2. The van der Waals surface area contributed by atoms with E-state index < -0.39 is 18.3 Å². The van der Waals surface area contributed by atoms with E-state index in [9.17, 15) is 15.3 Å². The van der Waals surface area contributed by atoms with Crippen molar-refractivity contribution in [1.29, 1.82) is 0 Å². The van der Waals surface area contributed by atoms with Crippen molar-refractivity contribution in [1.82, 2.24) is 5.32 Å². The maximum atomic E-state index is 10.4. The molecule has 4 N–H and O–H groups in total. The largest absolute Gasteiger partial charge is 0.394 e. The number of rotatable bonds is 8. The molecule has 0 amide bonds. The number of hydrogen-bond acceptors (Lipinski definition) is 7. The van der Waals surface area contributed by atoms with E-state index in [1.165, 1.54) is 26.7 Å². The van der Waals surface area contributed by atoms with Gasteiger partial charge in [0.15, 0.2) is 0 Å². The predicted octanol–water partition coefficient (Wildman–Crippen LogP) is 3.09. The summed E-state index contributed by atoms with van der Waals surface area (Å²) in [5.74, 6) is -0.313. The number of ether oxygens (including phenoxy) is 1. The van der Waals surface area contributed by atoms with Gasteiger partial charge >= 0.3 is 0 Å². The Bertz CT molecular complexity index is 909. The Morgan fingerprint density at radius 3 is 2.56 bits per heavy atom. The van der Waals surface area contributed by atoms with E-state index in [4.69, 9.17) is 4.74 Å². The van der Waals surface area contributed by atoms with Crippen LogP contribution in [-0.2, 0) is 4.74 Å². The molecule has 5 atom stereocenters. The second kappa shape index (κ2) is 10.5. The van der Waals surface area contributed by atoms with Crippen molar-refractivity contribution < 1.29 is 20.1 Å². The Kier molecular flexibility index (Phi) is 7.76. The molecule has 0 radical (unpaired) electrons. The van der Waals surface area contributed by atoms with Gasteiger partial charge in [-0.1, -0.05) is 36.9 Å². The van der Waals surface area contributed by atoms with Gasteiger partial charge in [0.2, 0.25) is 0 Å². The standard InChI is InChI=1S/C25H34N2O4S/c1-16-8-9-23-19(14-16)27(18-6-3-4-7-22(18)32-23)13-5-11-26-12-10-20-24(29)17(2)25(30)21(15-28)31-20/h3-4,6-9,14,17,20-21,24-26,28-30H,5,10-13,15H2,1-2H3/t17-,20-,21-,24-,25+/m1/s1. The lowest BCUT2D eigenvalue weighted by atomic mass is 9.86. The van der Waals surface area contributed by atoms with Gasteiger partial charge in [0.1, 0.15) is 6.10 Å². The second-order valence-electron chi connectivity index (χ2n) is 8.82. The van der Waals surface area contributed by atoms with Crippen LogP contribution in [0.4, 0.5) is 11.4 Å². The van der Waals surface area contributed by atoms with E-state index in [1.807, 2.05) is 11.8 Å². The number of aliphatic hydroxyl groups is 3. The lowest BCUT2D eigenvalue weighted by molar-refractivity contribution is -0.206. The van der Waals surface area contributed by atoms with E-state index in [1.54, 1.807) is 6.92 Å². The molecule has 0 unspecified atom stereocenters. The molecule has 32 heavy (non-hydrogen) atoms. The minimum atomic E-state index is -0.837. The Morgan fingerprint density at radius 2 is 1.75 bits per heavy atom. The molecule has 0 aliphatic carbocycles. The molecule has 0 spiro atoms. The molecule has 2 aromatic carbocycles. The maximum absolute atomic E-state index is 10.4. The third kappa shape index (κ3) is 4.98. The van der Waals surface area contributed by atoms with Crippen LogP contribution in [0.5, 0.6) is 0 Å². The van der Waals surface area contributed by atoms with Crippen LogP contribution in [0.2, 0.25) is 0 Å². The predicted molar refractivity (Wildman–Crippen MR) is 128 cm³/mol. The molecule has 1 saturated heterocycles. The molecular weight excluding hydrogens is 424 g/mol. The fourth-order valence-corrected chi connectivity index (χ4v) is 5.64. The van der Waals surface area contributed by atoms with Gasteiger partial charge in [-0.3, -0.25) is 0 Å². The van der Waals surface area contributed by atoms with Crippen molar-refractivity contribution in [2.24, 2.45) is 5.92 Å². The summed E-state index contributed by atoms with van der Waals surface area (Å²) in [6.45, 7) is 6.18. The van der Waals surface area contributed by atoms with E-state index in [2.05, 4.69) is 59.6 Å². The van der Waals surface area contributed by atoms with Gasteiger partial charge < -0.3 is 30.3 Å². The zero-order valence-electron chi connectivity index (χ0n) is 18.8. The Morgan fingerprint density at radius 1 is 1.00 bits per heavy atom. The Balaban J connectivity index is 1.29. The number of hydrogen-bond donors (Lipinski definition) is 4. The van der Waals surface area contributed by atoms with Crippen LogP contribution in [0.3, 0.4) is 0 Å². The average molecular weight is 459 g/mol. The first kappa shape index (κ1) is 23.5.